The third-order valence-electron chi connectivity index (χ3n) is 3.77. The second kappa shape index (κ2) is 7.04. The van der Waals surface area contributed by atoms with Crippen LogP contribution in [0.15, 0.2) is 42.6 Å². The monoisotopic (exact) mass is 317 g/mol. The van der Waals surface area contributed by atoms with Crippen LogP contribution in [0, 0.1) is 0 Å². The zero-order valence-electron chi connectivity index (χ0n) is 14.3. The van der Waals surface area contributed by atoms with Crippen molar-refractivity contribution in [3.8, 4) is 0 Å². The predicted molar refractivity (Wildman–Crippen MR) is 91.8 cm³/mol. The number of piperazine rings is 1. The third-order valence-corrected chi connectivity index (χ3v) is 3.77. The smallest absolute Gasteiger partial charge is 0.410 e. The number of hydrogen-bond acceptors (Lipinski definition) is 4. The topological polar surface area (TPSA) is 58.8 Å². The van der Waals surface area contributed by atoms with E-state index in [-0.39, 0.29) is 12.1 Å². The molecular formula is C18H27N3O2. The van der Waals surface area contributed by atoms with Gasteiger partial charge in [0.15, 0.2) is 0 Å². The molecule has 1 heterocycles. The Morgan fingerprint density at radius 1 is 1.30 bits per heavy atom. The van der Waals surface area contributed by atoms with Gasteiger partial charge in [0.05, 0.1) is 6.04 Å². The molecule has 0 aliphatic carbocycles. The highest BCUT2D eigenvalue weighted by Gasteiger charge is 2.34. The molecule has 1 aromatic rings. The molecule has 0 bridgehead atoms. The summed E-state index contributed by atoms with van der Waals surface area (Å²) < 4.78 is 5.48. The summed E-state index contributed by atoms with van der Waals surface area (Å²) in [5.41, 5.74) is 7.17. The van der Waals surface area contributed by atoms with Crippen molar-refractivity contribution in [1.29, 1.82) is 0 Å². The van der Waals surface area contributed by atoms with E-state index < -0.39 is 5.60 Å². The maximum Gasteiger partial charge on any atom is 0.410 e. The van der Waals surface area contributed by atoms with Crippen molar-refractivity contribution in [3.05, 3.63) is 48.2 Å². The molecule has 1 aliphatic heterocycles. The van der Waals surface area contributed by atoms with E-state index in [1.165, 1.54) is 5.56 Å². The summed E-state index contributed by atoms with van der Waals surface area (Å²) in [6.07, 6.45) is -0.325. The molecule has 0 spiro atoms. The molecule has 1 saturated heterocycles. The molecular weight excluding hydrogens is 290 g/mol. The zero-order valence-corrected chi connectivity index (χ0v) is 14.3. The molecule has 1 fully saturated rings. The van der Waals surface area contributed by atoms with Crippen LogP contribution in [0.5, 0.6) is 0 Å². The van der Waals surface area contributed by atoms with Crippen molar-refractivity contribution >= 4 is 6.09 Å². The van der Waals surface area contributed by atoms with E-state index in [1.54, 1.807) is 4.90 Å². The van der Waals surface area contributed by atoms with Crippen molar-refractivity contribution in [3.63, 3.8) is 0 Å². The van der Waals surface area contributed by atoms with Crippen molar-refractivity contribution in [2.24, 2.45) is 5.73 Å². The fraction of sp³-hybridized carbons (Fsp3) is 0.500. The summed E-state index contributed by atoms with van der Waals surface area (Å²) >= 11 is 0. The molecule has 2 N–H and O–H groups in total. The maximum atomic E-state index is 12.4. The van der Waals surface area contributed by atoms with Crippen LogP contribution in [-0.4, -0.2) is 47.2 Å². The molecule has 0 radical (unpaired) electrons. The molecule has 0 unspecified atom stereocenters. The molecule has 1 amide bonds. The molecule has 1 aromatic carbocycles. The maximum absolute atomic E-state index is 12.4. The number of hydrogen-bond donors (Lipinski definition) is 1. The number of amides is 1. The number of rotatable bonds is 3. The Labute approximate surface area is 138 Å². The van der Waals surface area contributed by atoms with Crippen LogP contribution in [-0.2, 0) is 11.3 Å². The molecule has 2 rings (SSSR count). The van der Waals surface area contributed by atoms with Crippen LogP contribution in [0.4, 0.5) is 4.79 Å². The highest BCUT2D eigenvalue weighted by Crippen LogP contribution is 2.19. The molecule has 23 heavy (non-hydrogen) atoms. The highest BCUT2D eigenvalue weighted by atomic mass is 16.6. The van der Waals surface area contributed by atoms with Crippen LogP contribution >= 0.6 is 0 Å². The standard InChI is InChI=1S/C18H27N3O2/c1-14(19)16-13-20(12-15-8-6-5-7-9-15)10-11-21(16)17(22)23-18(2,3)4/h5-9,16H,1,10-13,19H2,2-4H3/t16-/m0/s1. The highest BCUT2D eigenvalue weighted by molar-refractivity contribution is 5.69. The molecule has 1 aliphatic rings. The van der Waals surface area contributed by atoms with Gasteiger partial charge in [-0.15, -0.1) is 0 Å². The van der Waals surface area contributed by atoms with Gasteiger partial charge in [0.2, 0.25) is 0 Å². The van der Waals surface area contributed by atoms with Crippen LogP contribution in [0.25, 0.3) is 0 Å². The lowest BCUT2D eigenvalue weighted by Crippen LogP contribution is -2.57. The summed E-state index contributed by atoms with van der Waals surface area (Å²) in [5.74, 6) is 0. The van der Waals surface area contributed by atoms with Gasteiger partial charge in [0.1, 0.15) is 5.60 Å². The SMILES string of the molecule is C=C(N)[C@@H]1CN(Cc2ccccc2)CCN1C(=O)OC(C)(C)C. The quantitative estimate of drug-likeness (QED) is 0.931. The number of ether oxygens (including phenoxy) is 1. The summed E-state index contributed by atoms with van der Waals surface area (Å²) in [5, 5.41) is 0. The van der Waals surface area contributed by atoms with Crippen molar-refractivity contribution in [2.75, 3.05) is 19.6 Å². The molecule has 5 nitrogen and oxygen atoms in total. The zero-order chi connectivity index (χ0) is 17.0. The van der Waals surface area contributed by atoms with Crippen LogP contribution in [0.1, 0.15) is 26.3 Å². The Bertz CT molecular complexity index is 551. The minimum Gasteiger partial charge on any atom is -0.444 e. The minimum absolute atomic E-state index is 0.220. The largest absolute Gasteiger partial charge is 0.444 e. The van der Waals surface area contributed by atoms with E-state index in [2.05, 4.69) is 23.6 Å². The predicted octanol–water partition coefficient (Wildman–Crippen LogP) is 2.58. The van der Waals surface area contributed by atoms with Gasteiger partial charge < -0.3 is 10.5 Å². The summed E-state index contributed by atoms with van der Waals surface area (Å²) in [6.45, 7) is 12.3. The molecule has 1 atom stereocenters. The van der Waals surface area contributed by atoms with Crippen molar-refractivity contribution in [1.82, 2.24) is 9.80 Å². The fourth-order valence-electron chi connectivity index (χ4n) is 2.68. The second-order valence-corrected chi connectivity index (χ2v) is 6.99. The number of carbonyl (C=O) groups excluding carboxylic acids is 1. The summed E-state index contributed by atoms with van der Waals surface area (Å²) in [7, 11) is 0. The third kappa shape index (κ3) is 4.99. The van der Waals surface area contributed by atoms with Crippen molar-refractivity contribution < 1.29 is 9.53 Å². The van der Waals surface area contributed by atoms with Gasteiger partial charge in [0, 0.05) is 31.9 Å². The Morgan fingerprint density at radius 2 is 1.96 bits per heavy atom. The molecule has 0 saturated carbocycles. The van der Waals surface area contributed by atoms with Crippen LogP contribution < -0.4 is 5.73 Å². The van der Waals surface area contributed by atoms with Gasteiger partial charge >= 0.3 is 6.09 Å². The summed E-state index contributed by atoms with van der Waals surface area (Å²) in [6, 6.07) is 10.1. The normalized spacial score (nSPS) is 19.4. The Kier molecular flexibility index (Phi) is 5.31. The first kappa shape index (κ1) is 17.3. The fourth-order valence-corrected chi connectivity index (χ4v) is 2.68. The first-order chi connectivity index (χ1) is 10.8. The Balaban J connectivity index is 2.03. The lowest BCUT2D eigenvalue weighted by atomic mass is 10.1. The van der Waals surface area contributed by atoms with Gasteiger partial charge in [0.25, 0.3) is 0 Å². The average molecular weight is 317 g/mol. The molecule has 0 aromatic heterocycles. The van der Waals surface area contributed by atoms with Gasteiger partial charge in [-0.1, -0.05) is 36.9 Å². The number of nitrogens with two attached hydrogens (primary N) is 1. The lowest BCUT2D eigenvalue weighted by molar-refractivity contribution is 0.00288. The van der Waals surface area contributed by atoms with Crippen LogP contribution in [0.2, 0.25) is 0 Å². The van der Waals surface area contributed by atoms with Crippen molar-refractivity contribution in [2.45, 2.75) is 39.0 Å². The lowest BCUT2D eigenvalue weighted by Gasteiger charge is -2.41. The van der Waals surface area contributed by atoms with Gasteiger partial charge in [-0.3, -0.25) is 9.80 Å². The molecule has 126 valence electrons. The first-order valence-corrected chi connectivity index (χ1v) is 7.96. The second-order valence-electron chi connectivity index (χ2n) is 6.99. The van der Waals surface area contributed by atoms with Gasteiger partial charge in [-0.2, -0.15) is 0 Å². The Hall–Kier alpha value is -2.01. The average Bonchev–Trinajstić information content (AvgIpc) is 2.46. The van der Waals surface area contributed by atoms with Gasteiger partial charge in [-0.05, 0) is 26.3 Å². The number of carbonyl (C=O) groups is 1. The van der Waals surface area contributed by atoms with Crippen LogP contribution in [0.3, 0.4) is 0 Å². The van der Waals surface area contributed by atoms with E-state index in [4.69, 9.17) is 10.5 Å². The van der Waals surface area contributed by atoms with Gasteiger partial charge in [-0.25, -0.2) is 4.79 Å². The minimum atomic E-state index is -0.515. The van der Waals surface area contributed by atoms with E-state index in [1.807, 2.05) is 39.0 Å². The number of nitrogens with zero attached hydrogens (tertiary/aromatic N) is 2. The number of benzene rings is 1. The van der Waals surface area contributed by atoms with E-state index in [0.717, 1.165) is 13.1 Å². The van der Waals surface area contributed by atoms with E-state index in [9.17, 15) is 4.79 Å². The van der Waals surface area contributed by atoms with E-state index >= 15 is 0 Å². The first-order valence-electron chi connectivity index (χ1n) is 7.96. The van der Waals surface area contributed by atoms with E-state index in [0.29, 0.717) is 18.8 Å². The Morgan fingerprint density at radius 3 is 2.52 bits per heavy atom. The summed E-state index contributed by atoms with van der Waals surface area (Å²) in [4.78, 5) is 16.4. The molecule has 5 heteroatoms.